The largest absolute Gasteiger partial charge is 0.506 e. The molecule has 0 spiro atoms. The second-order valence-electron chi connectivity index (χ2n) is 4.76. The Morgan fingerprint density at radius 1 is 1.24 bits per heavy atom. The highest BCUT2D eigenvalue weighted by Crippen LogP contribution is 2.28. The van der Waals surface area contributed by atoms with Crippen LogP contribution in [0, 0.1) is 12.6 Å². The van der Waals surface area contributed by atoms with Crippen LogP contribution in [0.25, 0.3) is 0 Å². The van der Waals surface area contributed by atoms with Gasteiger partial charge >= 0.3 is 5.97 Å². The SMILES string of the molecule is CCC(CC)(CNC(=O)c1cc(I)cc(I)c1O)C(=O)O. The van der Waals surface area contributed by atoms with E-state index >= 15 is 0 Å². The van der Waals surface area contributed by atoms with E-state index in [1.54, 1.807) is 26.0 Å². The van der Waals surface area contributed by atoms with Gasteiger partial charge in [-0.05, 0) is 70.2 Å². The lowest BCUT2D eigenvalue weighted by molar-refractivity contribution is -0.149. The highest BCUT2D eigenvalue weighted by Gasteiger charge is 2.35. The molecule has 116 valence electrons. The molecule has 1 aromatic carbocycles. The van der Waals surface area contributed by atoms with Crippen molar-refractivity contribution in [1.29, 1.82) is 0 Å². The monoisotopic (exact) mass is 517 g/mol. The number of carbonyl (C=O) groups is 2. The Kier molecular flexibility index (Phi) is 6.70. The molecule has 7 heteroatoms. The van der Waals surface area contributed by atoms with Gasteiger partial charge < -0.3 is 15.5 Å². The van der Waals surface area contributed by atoms with Crippen molar-refractivity contribution in [1.82, 2.24) is 5.32 Å². The van der Waals surface area contributed by atoms with Crippen molar-refractivity contribution in [3.05, 3.63) is 24.8 Å². The molecule has 1 rings (SSSR count). The average Bonchev–Trinajstić information content (AvgIpc) is 2.43. The molecule has 0 aliphatic carbocycles. The summed E-state index contributed by atoms with van der Waals surface area (Å²) in [7, 11) is 0. The summed E-state index contributed by atoms with van der Waals surface area (Å²) in [6, 6.07) is 3.33. The van der Waals surface area contributed by atoms with Gasteiger partial charge in [0.15, 0.2) is 0 Å². The van der Waals surface area contributed by atoms with E-state index < -0.39 is 17.3 Å². The molecule has 0 radical (unpaired) electrons. The summed E-state index contributed by atoms with van der Waals surface area (Å²) in [4.78, 5) is 23.6. The van der Waals surface area contributed by atoms with E-state index in [0.29, 0.717) is 16.4 Å². The predicted octanol–water partition coefficient (Wildman–Crippen LogP) is 3.22. The van der Waals surface area contributed by atoms with Crippen LogP contribution >= 0.6 is 45.2 Å². The number of halogens is 2. The van der Waals surface area contributed by atoms with Gasteiger partial charge in [0.1, 0.15) is 5.75 Å². The molecule has 1 aromatic rings. The van der Waals surface area contributed by atoms with Crippen LogP contribution in [-0.4, -0.2) is 28.6 Å². The van der Waals surface area contributed by atoms with Crippen molar-refractivity contribution in [3.63, 3.8) is 0 Å². The topological polar surface area (TPSA) is 86.6 Å². The van der Waals surface area contributed by atoms with Gasteiger partial charge in [0, 0.05) is 10.1 Å². The summed E-state index contributed by atoms with van der Waals surface area (Å²) >= 11 is 4.01. The highest BCUT2D eigenvalue weighted by molar-refractivity contribution is 14.1. The van der Waals surface area contributed by atoms with E-state index in [9.17, 15) is 19.8 Å². The van der Waals surface area contributed by atoms with E-state index in [2.05, 4.69) is 27.9 Å². The molecule has 0 saturated carbocycles. The molecule has 0 heterocycles. The molecule has 0 fully saturated rings. The number of carbonyl (C=O) groups excluding carboxylic acids is 1. The molecule has 0 bridgehead atoms. The molecule has 0 saturated heterocycles. The van der Waals surface area contributed by atoms with Gasteiger partial charge in [-0.25, -0.2) is 0 Å². The van der Waals surface area contributed by atoms with Crippen LogP contribution in [0.3, 0.4) is 0 Å². The number of rotatable bonds is 6. The maximum Gasteiger partial charge on any atom is 0.311 e. The fourth-order valence-corrected chi connectivity index (χ4v) is 3.81. The quantitative estimate of drug-likeness (QED) is 0.507. The number of carboxylic acid groups (broad SMARTS) is 1. The van der Waals surface area contributed by atoms with Crippen LogP contribution in [0.2, 0.25) is 0 Å². The summed E-state index contributed by atoms with van der Waals surface area (Å²) in [5.74, 6) is -1.46. The lowest BCUT2D eigenvalue weighted by Gasteiger charge is -2.26. The van der Waals surface area contributed by atoms with Gasteiger partial charge in [-0.15, -0.1) is 0 Å². The van der Waals surface area contributed by atoms with E-state index in [4.69, 9.17) is 0 Å². The minimum Gasteiger partial charge on any atom is -0.506 e. The number of phenolic OH excluding ortho intramolecular Hbond substituents is 1. The first-order valence-corrected chi connectivity index (χ1v) is 8.62. The number of hydrogen-bond acceptors (Lipinski definition) is 3. The predicted molar refractivity (Wildman–Crippen MR) is 96.5 cm³/mol. The fourth-order valence-electron chi connectivity index (χ4n) is 1.96. The van der Waals surface area contributed by atoms with Gasteiger partial charge in [0.25, 0.3) is 5.91 Å². The molecule has 0 aromatic heterocycles. The standard InChI is InChI=1S/C14H17I2NO4/c1-3-14(4-2,13(20)21)7-17-12(19)9-5-8(15)6-10(16)11(9)18/h5-6,18H,3-4,7H2,1-2H3,(H,17,19)(H,20,21). The Morgan fingerprint density at radius 3 is 2.29 bits per heavy atom. The van der Waals surface area contributed by atoms with Gasteiger partial charge in [-0.3, -0.25) is 9.59 Å². The highest BCUT2D eigenvalue weighted by atomic mass is 127. The van der Waals surface area contributed by atoms with E-state index in [-0.39, 0.29) is 17.9 Å². The first kappa shape index (κ1) is 18.5. The van der Waals surface area contributed by atoms with Gasteiger partial charge in [0.2, 0.25) is 0 Å². The average molecular weight is 517 g/mol. The third-order valence-corrected chi connectivity index (χ3v) is 5.11. The number of aromatic hydroxyl groups is 1. The third kappa shape index (κ3) is 4.21. The van der Waals surface area contributed by atoms with Crippen molar-refractivity contribution >= 4 is 57.1 Å². The number of benzene rings is 1. The maximum absolute atomic E-state index is 12.2. The van der Waals surface area contributed by atoms with Crippen LogP contribution in [0.4, 0.5) is 0 Å². The van der Waals surface area contributed by atoms with Gasteiger partial charge in [-0.1, -0.05) is 13.8 Å². The van der Waals surface area contributed by atoms with Crippen molar-refractivity contribution in [2.45, 2.75) is 26.7 Å². The molecule has 0 atom stereocenters. The molecule has 21 heavy (non-hydrogen) atoms. The summed E-state index contributed by atoms with van der Waals surface area (Å²) in [5, 5.41) is 21.9. The van der Waals surface area contributed by atoms with Crippen molar-refractivity contribution < 1.29 is 19.8 Å². The first-order valence-electron chi connectivity index (χ1n) is 6.47. The lowest BCUT2D eigenvalue weighted by atomic mass is 9.82. The van der Waals surface area contributed by atoms with Crippen LogP contribution < -0.4 is 5.32 Å². The molecule has 0 aliphatic rings. The van der Waals surface area contributed by atoms with Crippen LogP contribution in [0.1, 0.15) is 37.0 Å². The second kappa shape index (κ2) is 7.61. The van der Waals surface area contributed by atoms with Gasteiger partial charge in [0.05, 0.1) is 14.5 Å². The Morgan fingerprint density at radius 2 is 1.81 bits per heavy atom. The molecule has 5 nitrogen and oxygen atoms in total. The Balaban J connectivity index is 2.95. The minimum atomic E-state index is -0.972. The second-order valence-corrected chi connectivity index (χ2v) is 7.17. The summed E-state index contributed by atoms with van der Waals surface area (Å²) in [6.45, 7) is 3.61. The zero-order valence-corrected chi connectivity index (χ0v) is 16.1. The third-order valence-electron chi connectivity index (χ3n) is 3.67. The summed E-state index contributed by atoms with van der Waals surface area (Å²) in [5.41, 5.74) is -0.807. The zero-order chi connectivity index (χ0) is 16.2. The molecular weight excluding hydrogens is 500 g/mol. The van der Waals surface area contributed by atoms with E-state index in [1.807, 2.05) is 22.6 Å². The van der Waals surface area contributed by atoms with Crippen molar-refractivity contribution in [2.24, 2.45) is 5.41 Å². The van der Waals surface area contributed by atoms with Crippen molar-refractivity contribution in [3.8, 4) is 5.75 Å². The smallest absolute Gasteiger partial charge is 0.311 e. The van der Waals surface area contributed by atoms with Gasteiger partial charge in [-0.2, -0.15) is 0 Å². The lowest BCUT2D eigenvalue weighted by Crippen LogP contribution is -2.42. The number of nitrogens with one attached hydrogen (secondary N) is 1. The van der Waals surface area contributed by atoms with Crippen LogP contribution in [-0.2, 0) is 4.79 Å². The molecule has 3 N–H and O–H groups in total. The number of phenols is 1. The number of amides is 1. The molecule has 0 aliphatic heterocycles. The Hall–Kier alpha value is -0.580. The van der Waals surface area contributed by atoms with Crippen LogP contribution in [0.15, 0.2) is 12.1 Å². The maximum atomic E-state index is 12.2. The van der Waals surface area contributed by atoms with E-state index in [0.717, 1.165) is 3.57 Å². The summed E-state index contributed by atoms with van der Waals surface area (Å²) in [6.07, 6.45) is 0.851. The number of hydrogen-bond donors (Lipinski definition) is 3. The van der Waals surface area contributed by atoms with Crippen molar-refractivity contribution in [2.75, 3.05) is 6.54 Å². The van der Waals surface area contributed by atoms with Crippen LogP contribution in [0.5, 0.6) is 5.75 Å². The zero-order valence-electron chi connectivity index (χ0n) is 11.7. The molecule has 1 amide bonds. The fraction of sp³-hybridized carbons (Fsp3) is 0.429. The summed E-state index contributed by atoms with van der Waals surface area (Å²) < 4.78 is 1.41. The first-order chi connectivity index (χ1) is 9.77. The minimum absolute atomic E-state index is 0.0374. The molecular formula is C14H17I2NO4. The Labute approximate surface area is 150 Å². The Bertz CT molecular complexity index is 556. The molecule has 0 unspecified atom stereocenters. The van der Waals surface area contributed by atoms with E-state index in [1.165, 1.54) is 0 Å². The number of carboxylic acids is 1. The number of aliphatic carboxylic acids is 1. The normalized spacial score (nSPS) is 11.2.